The van der Waals surface area contributed by atoms with Crippen LogP contribution in [0.25, 0.3) is 0 Å². The molecule has 0 radical (unpaired) electrons. The first-order chi connectivity index (χ1) is 9.52. The molecule has 1 aromatic carbocycles. The molecule has 0 spiro atoms. The van der Waals surface area contributed by atoms with Gasteiger partial charge in [-0.25, -0.2) is 4.79 Å². The van der Waals surface area contributed by atoms with Crippen LogP contribution in [-0.2, 0) is 11.3 Å². The van der Waals surface area contributed by atoms with Gasteiger partial charge in [0.25, 0.3) is 0 Å². The lowest BCUT2D eigenvalue weighted by Gasteiger charge is -2.23. The number of nitrogens with two attached hydrogens (primary N) is 1. The summed E-state index contributed by atoms with van der Waals surface area (Å²) in [5, 5.41) is 2.07. The molecule has 106 valence electrons. The number of para-hydroxylation sites is 1. The number of hydrogen-bond donors (Lipinski definition) is 1. The van der Waals surface area contributed by atoms with E-state index in [1.54, 1.807) is 29.5 Å². The van der Waals surface area contributed by atoms with E-state index in [2.05, 4.69) is 27.4 Å². The van der Waals surface area contributed by atoms with Gasteiger partial charge in [0.05, 0.1) is 27.8 Å². The third kappa shape index (κ3) is 3.13. The lowest BCUT2D eigenvalue weighted by atomic mass is 10.1. The predicted molar refractivity (Wildman–Crippen MR) is 86.3 cm³/mol. The number of thiophene rings is 1. The fourth-order valence-electron chi connectivity index (χ4n) is 2.04. The van der Waals surface area contributed by atoms with Crippen molar-refractivity contribution in [3.63, 3.8) is 0 Å². The fourth-order valence-corrected chi connectivity index (χ4v) is 3.24. The summed E-state index contributed by atoms with van der Waals surface area (Å²) < 4.78 is 5.89. The Balaban J connectivity index is 2.33. The van der Waals surface area contributed by atoms with Gasteiger partial charge < -0.3 is 15.4 Å². The van der Waals surface area contributed by atoms with E-state index in [1.165, 1.54) is 7.11 Å². The van der Waals surface area contributed by atoms with Gasteiger partial charge in [0.1, 0.15) is 0 Å². The number of rotatable bonds is 4. The van der Waals surface area contributed by atoms with Gasteiger partial charge in [-0.1, -0.05) is 6.07 Å². The number of ether oxygens (including phenoxy) is 1. The van der Waals surface area contributed by atoms with Crippen LogP contribution < -0.4 is 10.6 Å². The van der Waals surface area contributed by atoms with E-state index in [0.717, 1.165) is 9.35 Å². The second-order valence-corrected chi connectivity index (χ2v) is 6.64. The zero-order chi connectivity index (χ0) is 14.7. The number of methoxy groups -OCH3 is 1. The van der Waals surface area contributed by atoms with Crippen molar-refractivity contribution in [3.05, 3.63) is 44.6 Å². The summed E-state index contributed by atoms with van der Waals surface area (Å²) in [5.41, 5.74) is 8.91. The average molecular weight is 355 g/mol. The smallest absolute Gasteiger partial charge is 0.340 e. The third-order valence-electron chi connectivity index (χ3n) is 2.90. The molecule has 1 aromatic heterocycles. The summed E-state index contributed by atoms with van der Waals surface area (Å²) in [6, 6.07) is 7.30. The average Bonchev–Trinajstić information content (AvgIpc) is 2.82. The molecule has 0 saturated heterocycles. The number of hydrogen-bond acceptors (Lipinski definition) is 5. The Kier molecular flexibility index (Phi) is 4.67. The highest BCUT2D eigenvalue weighted by atomic mass is 79.9. The standard InChI is InChI=1S/C14H15BrN2O2S/c1-17(7-9-6-12(15)20-8-9)13-10(14(18)19-2)4-3-5-11(13)16/h3-6,8H,7,16H2,1-2H3. The molecule has 0 amide bonds. The summed E-state index contributed by atoms with van der Waals surface area (Å²) in [4.78, 5) is 13.8. The Labute approximate surface area is 130 Å². The van der Waals surface area contributed by atoms with Crippen LogP contribution in [0.5, 0.6) is 0 Å². The fraction of sp³-hybridized carbons (Fsp3) is 0.214. The Hall–Kier alpha value is -1.53. The van der Waals surface area contributed by atoms with Crippen LogP contribution in [-0.4, -0.2) is 20.1 Å². The van der Waals surface area contributed by atoms with Gasteiger partial charge in [-0.2, -0.15) is 0 Å². The molecule has 2 aromatic rings. The molecular weight excluding hydrogens is 340 g/mol. The van der Waals surface area contributed by atoms with E-state index in [4.69, 9.17) is 10.5 Å². The second kappa shape index (κ2) is 6.28. The van der Waals surface area contributed by atoms with Crippen LogP contribution in [0.4, 0.5) is 11.4 Å². The monoisotopic (exact) mass is 354 g/mol. The number of halogens is 1. The van der Waals surface area contributed by atoms with Crippen molar-refractivity contribution in [1.82, 2.24) is 0 Å². The van der Waals surface area contributed by atoms with E-state index in [0.29, 0.717) is 23.5 Å². The molecule has 0 atom stereocenters. The number of benzene rings is 1. The Morgan fingerprint density at radius 2 is 2.25 bits per heavy atom. The van der Waals surface area contributed by atoms with Crippen molar-refractivity contribution < 1.29 is 9.53 Å². The highest BCUT2D eigenvalue weighted by Gasteiger charge is 2.17. The maximum absolute atomic E-state index is 11.8. The summed E-state index contributed by atoms with van der Waals surface area (Å²) in [6.07, 6.45) is 0. The first-order valence-electron chi connectivity index (χ1n) is 5.93. The lowest BCUT2D eigenvalue weighted by Crippen LogP contribution is -2.21. The van der Waals surface area contributed by atoms with Gasteiger partial charge in [0.15, 0.2) is 0 Å². The van der Waals surface area contributed by atoms with Crippen LogP contribution in [0.3, 0.4) is 0 Å². The van der Waals surface area contributed by atoms with E-state index >= 15 is 0 Å². The van der Waals surface area contributed by atoms with Crippen molar-refractivity contribution in [2.45, 2.75) is 6.54 Å². The van der Waals surface area contributed by atoms with Gasteiger partial charge in [-0.15, -0.1) is 11.3 Å². The van der Waals surface area contributed by atoms with Gasteiger partial charge in [0, 0.05) is 13.6 Å². The summed E-state index contributed by atoms with van der Waals surface area (Å²) in [5.74, 6) is -0.384. The number of anilines is 2. The van der Waals surface area contributed by atoms with Crippen molar-refractivity contribution in [2.75, 3.05) is 24.8 Å². The molecule has 20 heavy (non-hydrogen) atoms. The molecule has 0 fully saturated rings. The second-order valence-electron chi connectivity index (χ2n) is 4.35. The van der Waals surface area contributed by atoms with Gasteiger partial charge >= 0.3 is 5.97 Å². The number of esters is 1. The maximum atomic E-state index is 11.8. The largest absolute Gasteiger partial charge is 0.465 e. The topological polar surface area (TPSA) is 55.6 Å². The Morgan fingerprint density at radius 3 is 2.85 bits per heavy atom. The Morgan fingerprint density at radius 1 is 1.50 bits per heavy atom. The zero-order valence-corrected chi connectivity index (χ0v) is 13.6. The molecule has 0 unspecified atom stereocenters. The molecule has 2 rings (SSSR count). The molecule has 0 saturated carbocycles. The predicted octanol–water partition coefficient (Wildman–Crippen LogP) is 3.52. The van der Waals surface area contributed by atoms with E-state index in [9.17, 15) is 4.79 Å². The minimum atomic E-state index is -0.384. The van der Waals surface area contributed by atoms with Gasteiger partial charge in [0.2, 0.25) is 0 Å². The summed E-state index contributed by atoms with van der Waals surface area (Å²) >= 11 is 5.07. The third-order valence-corrected chi connectivity index (χ3v) is 4.45. The quantitative estimate of drug-likeness (QED) is 0.674. The first-order valence-corrected chi connectivity index (χ1v) is 7.61. The number of nitrogen functional groups attached to an aromatic ring is 1. The van der Waals surface area contributed by atoms with Crippen LogP contribution in [0.15, 0.2) is 33.4 Å². The van der Waals surface area contributed by atoms with Crippen LogP contribution in [0.1, 0.15) is 15.9 Å². The van der Waals surface area contributed by atoms with E-state index in [1.807, 2.05) is 11.9 Å². The Bertz CT molecular complexity index is 627. The lowest BCUT2D eigenvalue weighted by molar-refractivity contribution is 0.0601. The van der Waals surface area contributed by atoms with Gasteiger partial charge in [-0.05, 0) is 45.1 Å². The van der Waals surface area contributed by atoms with Crippen molar-refractivity contribution in [2.24, 2.45) is 0 Å². The molecule has 1 heterocycles. The molecular formula is C14H15BrN2O2S. The highest BCUT2D eigenvalue weighted by molar-refractivity contribution is 9.11. The summed E-state index contributed by atoms with van der Waals surface area (Å²) in [6.45, 7) is 0.667. The molecule has 6 heteroatoms. The normalized spacial score (nSPS) is 10.3. The SMILES string of the molecule is COC(=O)c1cccc(N)c1N(C)Cc1csc(Br)c1. The van der Waals surface area contributed by atoms with E-state index < -0.39 is 0 Å². The molecule has 0 aliphatic heterocycles. The van der Waals surface area contributed by atoms with Crippen molar-refractivity contribution in [1.29, 1.82) is 0 Å². The molecule has 0 bridgehead atoms. The number of carbonyl (C=O) groups excluding carboxylic acids is 1. The number of carbonyl (C=O) groups is 1. The molecule has 0 aliphatic carbocycles. The first kappa shape index (κ1) is 14.9. The molecule has 4 nitrogen and oxygen atoms in total. The van der Waals surface area contributed by atoms with E-state index in [-0.39, 0.29) is 5.97 Å². The zero-order valence-electron chi connectivity index (χ0n) is 11.2. The minimum Gasteiger partial charge on any atom is -0.465 e. The molecule has 2 N–H and O–H groups in total. The van der Waals surface area contributed by atoms with Crippen LogP contribution in [0.2, 0.25) is 0 Å². The minimum absolute atomic E-state index is 0.384. The van der Waals surface area contributed by atoms with Crippen LogP contribution >= 0.6 is 27.3 Å². The summed E-state index contributed by atoms with van der Waals surface area (Å²) in [7, 11) is 3.27. The van der Waals surface area contributed by atoms with Gasteiger partial charge in [-0.3, -0.25) is 0 Å². The van der Waals surface area contributed by atoms with Crippen molar-refractivity contribution >= 4 is 44.6 Å². The highest BCUT2D eigenvalue weighted by Crippen LogP contribution is 2.30. The molecule has 0 aliphatic rings. The van der Waals surface area contributed by atoms with Crippen molar-refractivity contribution in [3.8, 4) is 0 Å². The van der Waals surface area contributed by atoms with Crippen LogP contribution in [0, 0.1) is 0 Å². The maximum Gasteiger partial charge on any atom is 0.340 e. The number of nitrogens with zero attached hydrogens (tertiary/aromatic N) is 1.